The molecule has 2 aliphatic rings. The van der Waals surface area contributed by atoms with Gasteiger partial charge in [0.05, 0.1) is 12.1 Å². The number of ether oxygens (including phenoxy) is 1. The van der Waals surface area contributed by atoms with E-state index in [0.29, 0.717) is 18.3 Å². The summed E-state index contributed by atoms with van der Waals surface area (Å²) >= 11 is 0. The number of aromatic nitrogens is 1. The maximum absolute atomic E-state index is 12.3. The van der Waals surface area contributed by atoms with E-state index in [0.717, 1.165) is 19.3 Å². The first-order chi connectivity index (χ1) is 9.60. The predicted octanol–water partition coefficient (Wildman–Crippen LogP) is 0.213. The molecule has 1 aliphatic carbocycles. The van der Waals surface area contributed by atoms with Crippen LogP contribution in [0.5, 0.6) is 0 Å². The standard InChI is InChI=1S/C12H18N4O3S/c13-15-11-4-3-9(7-14-11)20(17,18)16-10-5-6-19-12(10)8-1-2-8/h3-4,7-8,10,12,16H,1-2,5-6,13H2,(H,14,15). The molecule has 1 aliphatic heterocycles. The van der Waals surface area contributed by atoms with Crippen molar-refractivity contribution in [3.05, 3.63) is 18.3 Å². The number of pyridine rings is 1. The van der Waals surface area contributed by atoms with Crippen LogP contribution >= 0.6 is 0 Å². The Balaban J connectivity index is 1.73. The molecule has 2 atom stereocenters. The Morgan fingerprint density at radius 2 is 2.10 bits per heavy atom. The van der Waals surface area contributed by atoms with Crippen molar-refractivity contribution < 1.29 is 13.2 Å². The predicted molar refractivity (Wildman–Crippen MR) is 73.2 cm³/mol. The first kappa shape index (κ1) is 13.7. The first-order valence-corrected chi connectivity index (χ1v) is 8.15. The fraction of sp³-hybridized carbons (Fsp3) is 0.583. The molecule has 0 bridgehead atoms. The number of hydrogen-bond donors (Lipinski definition) is 3. The van der Waals surface area contributed by atoms with Crippen LogP contribution in [-0.4, -0.2) is 32.2 Å². The van der Waals surface area contributed by atoms with Gasteiger partial charge in [-0.15, -0.1) is 0 Å². The first-order valence-electron chi connectivity index (χ1n) is 6.67. The van der Waals surface area contributed by atoms with E-state index in [9.17, 15) is 8.42 Å². The van der Waals surface area contributed by atoms with Crippen molar-refractivity contribution in [2.45, 2.75) is 36.3 Å². The molecule has 1 saturated carbocycles. The summed E-state index contributed by atoms with van der Waals surface area (Å²) in [6.45, 7) is 0.614. The summed E-state index contributed by atoms with van der Waals surface area (Å²) in [5.74, 6) is 6.13. The summed E-state index contributed by atoms with van der Waals surface area (Å²) in [5.41, 5.74) is 2.36. The zero-order valence-corrected chi connectivity index (χ0v) is 11.8. The normalized spacial score (nSPS) is 26.6. The van der Waals surface area contributed by atoms with E-state index in [1.807, 2.05) is 0 Å². The van der Waals surface area contributed by atoms with Gasteiger partial charge in [0.2, 0.25) is 10.0 Å². The summed E-state index contributed by atoms with van der Waals surface area (Å²) in [5, 5.41) is 0. The van der Waals surface area contributed by atoms with E-state index in [-0.39, 0.29) is 17.0 Å². The topological polar surface area (TPSA) is 106 Å². The number of nitrogen functional groups attached to an aromatic ring is 1. The van der Waals surface area contributed by atoms with E-state index in [1.54, 1.807) is 0 Å². The van der Waals surface area contributed by atoms with Gasteiger partial charge < -0.3 is 10.2 Å². The summed E-state index contributed by atoms with van der Waals surface area (Å²) in [6.07, 6.45) is 4.28. The fourth-order valence-electron chi connectivity index (χ4n) is 2.52. The van der Waals surface area contributed by atoms with Gasteiger partial charge in [-0.3, -0.25) is 0 Å². The van der Waals surface area contributed by atoms with Crippen molar-refractivity contribution in [3.8, 4) is 0 Å². The quantitative estimate of drug-likeness (QED) is 0.530. The second kappa shape index (κ2) is 5.28. The monoisotopic (exact) mass is 298 g/mol. The van der Waals surface area contributed by atoms with Gasteiger partial charge in [0.25, 0.3) is 0 Å². The third-order valence-corrected chi connectivity index (χ3v) is 5.20. The zero-order valence-electron chi connectivity index (χ0n) is 11.0. The van der Waals surface area contributed by atoms with Crippen LogP contribution in [0.3, 0.4) is 0 Å². The number of sulfonamides is 1. The van der Waals surface area contributed by atoms with Crippen LogP contribution in [0.1, 0.15) is 19.3 Å². The van der Waals surface area contributed by atoms with E-state index in [1.165, 1.54) is 18.3 Å². The highest BCUT2D eigenvalue weighted by atomic mass is 32.2. The van der Waals surface area contributed by atoms with E-state index < -0.39 is 10.0 Å². The third-order valence-electron chi connectivity index (χ3n) is 3.72. The molecular weight excluding hydrogens is 280 g/mol. The SMILES string of the molecule is NNc1ccc(S(=O)(=O)NC2CCOC2C2CC2)cn1. The minimum atomic E-state index is -3.57. The number of nitrogens with one attached hydrogen (secondary N) is 2. The van der Waals surface area contributed by atoms with E-state index in [2.05, 4.69) is 15.1 Å². The van der Waals surface area contributed by atoms with Gasteiger partial charge in [-0.2, -0.15) is 0 Å². The lowest BCUT2D eigenvalue weighted by Gasteiger charge is -2.19. The van der Waals surface area contributed by atoms with Gasteiger partial charge in [-0.25, -0.2) is 24.0 Å². The molecule has 8 heteroatoms. The minimum absolute atomic E-state index is 0.0164. The van der Waals surface area contributed by atoms with Crippen LogP contribution in [0.2, 0.25) is 0 Å². The molecule has 0 amide bonds. The molecule has 1 aromatic rings. The molecule has 0 spiro atoms. The molecule has 2 heterocycles. The van der Waals surface area contributed by atoms with Gasteiger partial charge in [0, 0.05) is 12.8 Å². The highest BCUT2D eigenvalue weighted by Gasteiger charge is 2.42. The summed E-state index contributed by atoms with van der Waals surface area (Å²) < 4.78 is 33.0. The van der Waals surface area contributed by atoms with E-state index >= 15 is 0 Å². The number of anilines is 1. The van der Waals surface area contributed by atoms with Crippen molar-refractivity contribution in [3.63, 3.8) is 0 Å². The lowest BCUT2D eigenvalue weighted by molar-refractivity contribution is 0.0848. The maximum atomic E-state index is 12.3. The molecule has 0 radical (unpaired) electrons. The van der Waals surface area contributed by atoms with Crippen molar-refractivity contribution >= 4 is 15.8 Å². The molecule has 2 unspecified atom stereocenters. The minimum Gasteiger partial charge on any atom is -0.376 e. The zero-order chi connectivity index (χ0) is 14.2. The number of nitrogens with two attached hydrogens (primary N) is 1. The molecule has 0 aromatic carbocycles. The second-order valence-electron chi connectivity index (χ2n) is 5.21. The number of nitrogens with zero attached hydrogens (tertiary/aromatic N) is 1. The fourth-order valence-corrected chi connectivity index (χ4v) is 3.74. The molecule has 7 nitrogen and oxygen atoms in total. The molecule has 1 aromatic heterocycles. The Labute approximate surface area is 117 Å². The number of hydrazine groups is 1. The summed E-state index contributed by atoms with van der Waals surface area (Å²) in [7, 11) is -3.57. The highest BCUT2D eigenvalue weighted by Crippen LogP contribution is 2.39. The van der Waals surface area contributed by atoms with Crippen molar-refractivity contribution in [2.75, 3.05) is 12.0 Å². The lowest BCUT2D eigenvalue weighted by atomic mass is 10.1. The Hall–Kier alpha value is -1.22. The lowest BCUT2D eigenvalue weighted by Crippen LogP contribution is -2.41. The Bertz CT molecular complexity index is 571. The van der Waals surface area contributed by atoms with Gasteiger partial charge in [0.1, 0.15) is 10.7 Å². The Morgan fingerprint density at radius 1 is 1.30 bits per heavy atom. The Morgan fingerprint density at radius 3 is 2.70 bits per heavy atom. The van der Waals surface area contributed by atoms with Crippen LogP contribution in [0, 0.1) is 5.92 Å². The molecule has 2 fully saturated rings. The second-order valence-corrected chi connectivity index (χ2v) is 6.93. The average molecular weight is 298 g/mol. The maximum Gasteiger partial charge on any atom is 0.242 e. The van der Waals surface area contributed by atoms with Crippen molar-refractivity contribution in [1.29, 1.82) is 0 Å². The molecule has 3 rings (SSSR count). The van der Waals surface area contributed by atoms with Crippen LogP contribution in [0.15, 0.2) is 23.2 Å². The summed E-state index contributed by atoms with van der Waals surface area (Å²) in [6, 6.07) is 2.87. The van der Waals surface area contributed by atoms with Crippen molar-refractivity contribution in [1.82, 2.24) is 9.71 Å². The summed E-state index contributed by atoms with van der Waals surface area (Å²) in [4.78, 5) is 4.05. The van der Waals surface area contributed by atoms with Crippen LogP contribution < -0.4 is 16.0 Å². The van der Waals surface area contributed by atoms with Gasteiger partial charge >= 0.3 is 0 Å². The highest BCUT2D eigenvalue weighted by molar-refractivity contribution is 7.89. The molecule has 1 saturated heterocycles. The Kier molecular flexibility index (Phi) is 3.63. The van der Waals surface area contributed by atoms with Gasteiger partial charge in [-0.1, -0.05) is 0 Å². The van der Waals surface area contributed by atoms with Gasteiger partial charge in [-0.05, 0) is 37.3 Å². The van der Waals surface area contributed by atoms with E-state index in [4.69, 9.17) is 10.6 Å². The molecule has 4 N–H and O–H groups in total. The molecular formula is C12H18N4O3S. The van der Waals surface area contributed by atoms with Crippen LogP contribution in [0.4, 0.5) is 5.82 Å². The molecule has 110 valence electrons. The van der Waals surface area contributed by atoms with Crippen molar-refractivity contribution in [2.24, 2.45) is 11.8 Å². The van der Waals surface area contributed by atoms with Gasteiger partial charge in [0.15, 0.2) is 0 Å². The number of hydrogen-bond acceptors (Lipinski definition) is 6. The number of rotatable bonds is 5. The third kappa shape index (κ3) is 2.78. The smallest absolute Gasteiger partial charge is 0.242 e. The molecule has 20 heavy (non-hydrogen) atoms. The average Bonchev–Trinajstić information content (AvgIpc) is 3.19. The van der Waals surface area contributed by atoms with Crippen LogP contribution in [0.25, 0.3) is 0 Å². The largest absolute Gasteiger partial charge is 0.376 e. The van der Waals surface area contributed by atoms with Crippen LogP contribution in [-0.2, 0) is 14.8 Å².